The number of benzene rings is 2. The molecule has 5 amide bonds. The lowest BCUT2D eigenvalue weighted by atomic mass is 10.1. The van der Waals surface area contributed by atoms with Crippen LogP contribution in [0.3, 0.4) is 0 Å². The molecule has 202 valence electrons. The summed E-state index contributed by atoms with van der Waals surface area (Å²) in [6.07, 6.45) is 0.885. The lowest BCUT2D eigenvalue weighted by Gasteiger charge is -2.24. The lowest BCUT2D eigenvalue weighted by Crippen LogP contribution is -2.51. The normalized spacial score (nSPS) is 15.3. The maximum Gasteiger partial charge on any atom is 0.410 e. The van der Waals surface area contributed by atoms with E-state index in [0.717, 1.165) is 5.56 Å². The van der Waals surface area contributed by atoms with Gasteiger partial charge in [-0.2, -0.15) is 0 Å². The average Bonchev–Trinajstić information content (AvgIpc) is 3.40. The van der Waals surface area contributed by atoms with E-state index < -0.39 is 40.9 Å². The van der Waals surface area contributed by atoms with Gasteiger partial charge >= 0.3 is 12.1 Å². The van der Waals surface area contributed by atoms with Crippen LogP contribution in [0.1, 0.15) is 31.2 Å². The summed E-state index contributed by atoms with van der Waals surface area (Å²) >= 11 is 0. The quantitative estimate of drug-likeness (QED) is 0.195. The highest BCUT2D eigenvalue weighted by molar-refractivity contribution is 6.01. The number of hydrogen-bond donors (Lipinski definition) is 4. The number of primary amides is 1. The SMILES string of the molecule is NC(=O)NCCC[C@H](Nc1ccc([N+](=O)[O-])cc1)C(=O)NC(=O)[C@@H]1CCCN1C(=O)OCc1ccccc1. The Balaban J connectivity index is 1.61. The number of rotatable bonds is 11. The van der Waals surface area contributed by atoms with Crippen molar-refractivity contribution < 1.29 is 28.8 Å². The molecule has 38 heavy (non-hydrogen) atoms. The number of nitro benzene ring substituents is 1. The summed E-state index contributed by atoms with van der Waals surface area (Å²) in [4.78, 5) is 61.3. The zero-order valence-electron chi connectivity index (χ0n) is 20.6. The number of imide groups is 1. The molecule has 1 aliphatic heterocycles. The summed E-state index contributed by atoms with van der Waals surface area (Å²) in [6.45, 7) is 0.589. The second-order valence-corrected chi connectivity index (χ2v) is 8.68. The highest BCUT2D eigenvalue weighted by atomic mass is 16.6. The van der Waals surface area contributed by atoms with E-state index in [2.05, 4.69) is 16.0 Å². The second-order valence-electron chi connectivity index (χ2n) is 8.68. The van der Waals surface area contributed by atoms with Gasteiger partial charge in [-0.25, -0.2) is 9.59 Å². The van der Waals surface area contributed by atoms with Crippen molar-refractivity contribution in [2.45, 2.75) is 44.4 Å². The maximum absolute atomic E-state index is 13.1. The van der Waals surface area contributed by atoms with E-state index in [1.165, 1.54) is 29.2 Å². The topological polar surface area (TPSA) is 186 Å². The Morgan fingerprint density at radius 2 is 1.82 bits per heavy atom. The molecule has 2 aromatic carbocycles. The van der Waals surface area contributed by atoms with Crippen LogP contribution in [0.4, 0.5) is 21.0 Å². The predicted octanol–water partition coefficient (Wildman–Crippen LogP) is 2.27. The molecule has 0 spiro atoms. The smallest absolute Gasteiger partial charge is 0.410 e. The van der Waals surface area contributed by atoms with Crippen LogP contribution in [0, 0.1) is 10.1 Å². The van der Waals surface area contributed by atoms with Crippen LogP contribution in [0.25, 0.3) is 0 Å². The van der Waals surface area contributed by atoms with Gasteiger partial charge in [0, 0.05) is 30.9 Å². The number of likely N-dealkylation sites (tertiary alicyclic amines) is 1. The number of amides is 5. The zero-order chi connectivity index (χ0) is 27.5. The van der Waals surface area contributed by atoms with Gasteiger partial charge in [0.05, 0.1) is 4.92 Å². The first kappa shape index (κ1) is 27.9. The standard InChI is InChI=1S/C25H30N6O7/c26-24(34)27-14-4-8-20(28-18-10-12-19(13-11-18)31(36)37)22(32)29-23(33)21-9-5-15-30(21)25(35)38-16-17-6-2-1-3-7-17/h1-3,6-7,10-13,20-21,28H,4-5,8-9,14-16H2,(H3,26,27,34)(H,29,32,33)/t20-,21-/m0/s1. The van der Waals surface area contributed by atoms with Crippen LogP contribution in [-0.4, -0.2) is 58.9 Å². The third-order valence-electron chi connectivity index (χ3n) is 5.95. The Kier molecular flexibility index (Phi) is 9.97. The van der Waals surface area contributed by atoms with Crippen molar-refractivity contribution in [2.75, 3.05) is 18.4 Å². The first-order valence-electron chi connectivity index (χ1n) is 12.1. The molecular formula is C25H30N6O7. The number of carbonyl (C=O) groups excluding carboxylic acids is 4. The molecule has 3 rings (SSSR count). The molecule has 2 atom stereocenters. The van der Waals surface area contributed by atoms with Gasteiger partial charge in [0.15, 0.2) is 0 Å². The first-order chi connectivity index (χ1) is 18.2. The minimum Gasteiger partial charge on any atom is -0.445 e. The van der Waals surface area contributed by atoms with Crippen LogP contribution in [0.15, 0.2) is 54.6 Å². The Morgan fingerprint density at radius 3 is 2.47 bits per heavy atom. The molecule has 13 heteroatoms. The van der Waals surface area contributed by atoms with Gasteiger partial charge in [-0.05, 0) is 43.4 Å². The van der Waals surface area contributed by atoms with Crippen molar-refractivity contribution in [2.24, 2.45) is 5.73 Å². The van der Waals surface area contributed by atoms with Crippen molar-refractivity contribution in [3.63, 3.8) is 0 Å². The molecule has 1 fully saturated rings. The molecule has 1 aliphatic rings. The van der Waals surface area contributed by atoms with Gasteiger partial charge in [-0.15, -0.1) is 0 Å². The number of nitro groups is 1. The van der Waals surface area contributed by atoms with Crippen molar-refractivity contribution >= 4 is 35.3 Å². The Hall–Kier alpha value is -4.68. The molecule has 1 saturated heterocycles. The van der Waals surface area contributed by atoms with Crippen molar-refractivity contribution in [3.8, 4) is 0 Å². The Bertz CT molecular complexity index is 1140. The summed E-state index contributed by atoms with van der Waals surface area (Å²) in [5, 5.41) is 18.7. The summed E-state index contributed by atoms with van der Waals surface area (Å²) in [6, 6.07) is 12.1. The monoisotopic (exact) mass is 526 g/mol. The van der Waals surface area contributed by atoms with Gasteiger partial charge in [0.25, 0.3) is 5.69 Å². The second kappa shape index (κ2) is 13.6. The van der Waals surface area contributed by atoms with Gasteiger partial charge in [-0.3, -0.25) is 29.9 Å². The molecule has 1 heterocycles. The number of nitrogens with zero attached hydrogens (tertiary/aromatic N) is 2. The third-order valence-corrected chi connectivity index (χ3v) is 5.95. The fourth-order valence-electron chi connectivity index (χ4n) is 4.02. The average molecular weight is 527 g/mol. The number of anilines is 1. The lowest BCUT2D eigenvalue weighted by molar-refractivity contribution is -0.384. The fourth-order valence-corrected chi connectivity index (χ4v) is 4.02. The summed E-state index contributed by atoms with van der Waals surface area (Å²) in [5.41, 5.74) is 6.20. The molecular weight excluding hydrogens is 496 g/mol. The minimum atomic E-state index is -0.907. The zero-order valence-corrected chi connectivity index (χ0v) is 20.6. The number of carbonyl (C=O) groups is 4. The number of nitrogens with two attached hydrogens (primary N) is 1. The van der Waals surface area contributed by atoms with Gasteiger partial charge in [-0.1, -0.05) is 30.3 Å². The van der Waals surface area contributed by atoms with E-state index >= 15 is 0 Å². The van der Waals surface area contributed by atoms with Crippen LogP contribution in [-0.2, 0) is 20.9 Å². The highest BCUT2D eigenvalue weighted by Crippen LogP contribution is 2.20. The molecule has 0 unspecified atom stereocenters. The van der Waals surface area contributed by atoms with Crippen LogP contribution >= 0.6 is 0 Å². The first-order valence-corrected chi connectivity index (χ1v) is 12.1. The molecule has 0 aromatic heterocycles. The van der Waals surface area contributed by atoms with Gasteiger partial charge in [0.2, 0.25) is 11.8 Å². The van der Waals surface area contributed by atoms with Crippen LogP contribution in [0.2, 0.25) is 0 Å². The summed E-state index contributed by atoms with van der Waals surface area (Å²) in [5.74, 6) is -1.27. The van der Waals surface area contributed by atoms with E-state index in [4.69, 9.17) is 10.5 Å². The molecule has 2 aromatic rings. The van der Waals surface area contributed by atoms with Crippen LogP contribution in [0.5, 0.6) is 0 Å². The van der Waals surface area contributed by atoms with E-state index in [1.807, 2.05) is 30.3 Å². The molecule has 13 nitrogen and oxygen atoms in total. The maximum atomic E-state index is 13.1. The number of urea groups is 1. The Morgan fingerprint density at radius 1 is 1.11 bits per heavy atom. The molecule has 0 radical (unpaired) electrons. The van der Waals surface area contributed by atoms with E-state index in [-0.39, 0.29) is 25.3 Å². The van der Waals surface area contributed by atoms with Crippen LogP contribution < -0.4 is 21.7 Å². The number of nitrogens with one attached hydrogen (secondary N) is 3. The molecule has 0 saturated carbocycles. The molecule has 0 aliphatic carbocycles. The van der Waals surface area contributed by atoms with Crippen molar-refractivity contribution in [3.05, 3.63) is 70.3 Å². The number of ether oxygens (including phenoxy) is 1. The molecule has 5 N–H and O–H groups in total. The molecule has 0 bridgehead atoms. The summed E-state index contributed by atoms with van der Waals surface area (Å²) in [7, 11) is 0. The van der Waals surface area contributed by atoms with E-state index in [0.29, 0.717) is 31.5 Å². The van der Waals surface area contributed by atoms with Gasteiger partial charge in [0.1, 0.15) is 18.7 Å². The van der Waals surface area contributed by atoms with Crippen molar-refractivity contribution in [1.82, 2.24) is 15.5 Å². The largest absolute Gasteiger partial charge is 0.445 e. The summed E-state index contributed by atoms with van der Waals surface area (Å²) < 4.78 is 5.35. The van der Waals surface area contributed by atoms with E-state index in [1.54, 1.807) is 0 Å². The Labute approximate surface area is 218 Å². The minimum absolute atomic E-state index is 0.0595. The third kappa shape index (κ3) is 8.18. The number of non-ortho nitro benzene ring substituents is 1. The highest BCUT2D eigenvalue weighted by Gasteiger charge is 2.36. The number of hydrogen-bond acceptors (Lipinski definition) is 8. The van der Waals surface area contributed by atoms with E-state index in [9.17, 15) is 29.3 Å². The predicted molar refractivity (Wildman–Crippen MR) is 137 cm³/mol. The van der Waals surface area contributed by atoms with Crippen molar-refractivity contribution in [1.29, 1.82) is 0 Å². The van der Waals surface area contributed by atoms with Gasteiger partial charge < -0.3 is 21.1 Å². The fraction of sp³-hybridized carbons (Fsp3) is 0.360.